The number of carbonyl (C=O) groups excluding carboxylic acids is 2. The molecule has 0 unspecified atom stereocenters. The van der Waals surface area contributed by atoms with Crippen LogP contribution in [0.3, 0.4) is 0 Å². The number of esters is 1. The van der Waals surface area contributed by atoms with Crippen molar-refractivity contribution in [2.75, 3.05) is 11.5 Å². The summed E-state index contributed by atoms with van der Waals surface area (Å²) in [5.41, 5.74) is 1.88. The number of fused-ring (bicyclic) bond motifs is 3. The monoisotopic (exact) mass is 413 g/mol. The van der Waals surface area contributed by atoms with Crippen molar-refractivity contribution in [1.82, 2.24) is 0 Å². The summed E-state index contributed by atoms with van der Waals surface area (Å²) in [4.78, 5) is 27.2. The van der Waals surface area contributed by atoms with Crippen LogP contribution < -0.4 is 9.64 Å². The number of anilines is 1. The summed E-state index contributed by atoms with van der Waals surface area (Å²) in [5.74, 6) is -0.197. The molecule has 0 bridgehead atoms. The van der Waals surface area contributed by atoms with E-state index in [9.17, 15) is 9.59 Å². The average Bonchev–Trinajstić information content (AvgIpc) is 3.02. The van der Waals surface area contributed by atoms with E-state index in [1.54, 1.807) is 13.0 Å². The first-order valence-electron chi connectivity index (χ1n) is 8.37. The highest BCUT2D eigenvalue weighted by Gasteiger charge is 2.45. The second-order valence-electron chi connectivity index (χ2n) is 6.02. The first-order chi connectivity index (χ1) is 12.6. The summed E-state index contributed by atoms with van der Waals surface area (Å²) >= 11 is 3.53. The van der Waals surface area contributed by atoms with E-state index in [4.69, 9.17) is 9.47 Å². The maximum absolute atomic E-state index is 12.9. The van der Waals surface area contributed by atoms with Gasteiger partial charge in [-0.15, -0.1) is 0 Å². The zero-order valence-corrected chi connectivity index (χ0v) is 15.7. The molecule has 4 rings (SSSR count). The van der Waals surface area contributed by atoms with Gasteiger partial charge in [0, 0.05) is 16.8 Å². The third kappa shape index (κ3) is 2.61. The molecule has 2 aromatic carbocycles. The fraction of sp³-hybridized carbons (Fsp3) is 0.200. The van der Waals surface area contributed by atoms with Crippen LogP contribution in [-0.4, -0.2) is 18.5 Å². The standard InChI is InChI=1S/C20H16BrNO4/c1-2-25-20(24)18-13(12-7-3-4-8-14(12)21)11-17(23)22-15-9-5-6-10-16(15)26-19(18)22/h3-10,13H,2,11H2,1H3/t13-/m0/s1. The van der Waals surface area contributed by atoms with Crippen LogP contribution in [0, 0.1) is 0 Å². The van der Waals surface area contributed by atoms with Gasteiger partial charge in [-0.3, -0.25) is 4.79 Å². The van der Waals surface area contributed by atoms with Crippen molar-refractivity contribution < 1.29 is 19.1 Å². The van der Waals surface area contributed by atoms with Crippen LogP contribution in [0.4, 0.5) is 5.69 Å². The molecular weight excluding hydrogens is 398 g/mol. The van der Waals surface area contributed by atoms with Gasteiger partial charge < -0.3 is 9.47 Å². The van der Waals surface area contributed by atoms with Crippen LogP contribution in [0.25, 0.3) is 0 Å². The van der Waals surface area contributed by atoms with E-state index in [1.165, 1.54) is 4.90 Å². The maximum atomic E-state index is 12.9. The highest BCUT2D eigenvalue weighted by molar-refractivity contribution is 9.10. The van der Waals surface area contributed by atoms with Gasteiger partial charge in [-0.2, -0.15) is 0 Å². The van der Waals surface area contributed by atoms with Gasteiger partial charge in [0.1, 0.15) is 5.57 Å². The molecule has 2 aliphatic heterocycles. The highest BCUT2D eigenvalue weighted by Crippen LogP contribution is 2.47. The second-order valence-corrected chi connectivity index (χ2v) is 6.87. The van der Waals surface area contributed by atoms with Crippen LogP contribution >= 0.6 is 15.9 Å². The highest BCUT2D eigenvalue weighted by atomic mass is 79.9. The lowest BCUT2D eigenvalue weighted by atomic mass is 9.85. The first-order valence-corrected chi connectivity index (χ1v) is 9.16. The number of hydrogen-bond acceptors (Lipinski definition) is 4. The Balaban J connectivity index is 1.91. The molecule has 0 fully saturated rings. The van der Waals surface area contributed by atoms with Crippen molar-refractivity contribution in [3.63, 3.8) is 0 Å². The van der Waals surface area contributed by atoms with E-state index in [2.05, 4.69) is 15.9 Å². The van der Waals surface area contributed by atoms with Crippen molar-refractivity contribution >= 4 is 33.5 Å². The number of ether oxygens (including phenoxy) is 2. The molecule has 0 saturated heterocycles. The topological polar surface area (TPSA) is 55.8 Å². The van der Waals surface area contributed by atoms with Gasteiger partial charge in [-0.05, 0) is 30.7 Å². The number of amides is 1. The fourth-order valence-corrected chi connectivity index (χ4v) is 3.95. The Labute approximate surface area is 159 Å². The molecule has 132 valence electrons. The van der Waals surface area contributed by atoms with E-state index in [0.717, 1.165) is 10.0 Å². The molecule has 1 amide bonds. The minimum atomic E-state index is -0.464. The predicted molar refractivity (Wildman–Crippen MR) is 99.7 cm³/mol. The van der Waals surface area contributed by atoms with Gasteiger partial charge in [0.05, 0.1) is 12.3 Å². The number of hydrogen-bond donors (Lipinski definition) is 0. The molecule has 5 nitrogen and oxygen atoms in total. The Kier molecular flexibility index (Phi) is 4.28. The van der Waals surface area contributed by atoms with E-state index in [1.807, 2.05) is 42.5 Å². The third-order valence-corrected chi connectivity index (χ3v) is 5.22. The Bertz CT molecular complexity index is 937. The van der Waals surface area contributed by atoms with Gasteiger partial charge in [0.2, 0.25) is 11.8 Å². The van der Waals surface area contributed by atoms with Crippen LogP contribution in [-0.2, 0) is 14.3 Å². The van der Waals surface area contributed by atoms with Crippen molar-refractivity contribution in [3.8, 4) is 5.75 Å². The lowest BCUT2D eigenvalue weighted by molar-refractivity contribution is -0.139. The van der Waals surface area contributed by atoms with Crippen LogP contribution in [0.15, 0.2) is 64.5 Å². The zero-order valence-electron chi connectivity index (χ0n) is 14.1. The Hall–Kier alpha value is -2.60. The zero-order chi connectivity index (χ0) is 18.3. The summed E-state index contributed by atoms with van der Waals surface area (Å²) in [7, 11) is 0. The molecule has 0 aromatic heterocycles. The van der Waals surface area contributed by atoms with Crippen LogP contribution in [0.1, 0.15) is 24.8 Å². The normalized spacial score (nSPS) is 18.3. The van der Waals surface area contributed by atoms with Gasteiger partial charge in [-0.25, -0.2) is 9.69 Å². The molecule has 2 heterocycles. The summed E-state index contributed by atoms with van der Waals surface area (Å²) in [6, 6.07) is 14.8. The average molecular weight is 414 g/mol. The number of halogens is 1. The first kappa shape index (κ1) is 16.8. The minimum Gasteiger partial charge on any atom is -0.462 e. The molecule has 0 spiro atoms. The van der Waals surface area contributed by atoms with Crippen molar-refractivity contribution in [3.05, 3.63) is 70.0 Å². The van der Waals surface area contributed by atoms with Gasteiger partial charge in [0.25, 0.3) is 0 Å². The summed E-state index contributed by atoms with van der Waals surface area (Å²) in [5, 5.41) is 0. The number of nitrogens with zero attached hydrogens (tertiary/aromatic N) is 1. The molecule has 0 aliphatic carbocycles. The van der Waals surface area contributed by atoms with Gasteiger partial charge in [-0.1, -0.05) is 46.3 Å². The molecule has 0 N–H and O–H groups in total. The van der Waals surface area contributed by atoms with E-state index in [-0.39, 0.29) is 24.8 Å². The molecule has 0 radical (unpaired) electrons. The van der Waals surface area contributed by atoms with Crippen LogP contribution in [0.2, 0.25) is 0 Å². The largest absolute Gasteiger partial charge is 0.462 e. The molecule has 0 saturated carbocycles. The molecule has 2 aliphatic rings. The molecule has 6 heteroatoms. The molecule has 1 atom stereocenters. The van der Waals surface area contributed by atoms with Crippen molar-refractivity contribution in [2.45, 2.75) is 19.3 Å². The Morgan fingerprint density at radius 1 is 1.23 bits per heavy atom. The summed E-state index contributed by atoms with van der Waals surface area (Å²) < 4.78 is 12.0. The maximum Gasteiger partial charge on any atom is 0.340 e. The van der Waals surface area contributed by atoms with E-state index < -0.39 is 11.9 Å². The number of benzene rings is 2. The lowest BCUT2D eigenvalue weighted by Gasteiger charge is -2.30. The number of rotatable bonds is 3. The minimum absolute atomic E-state index is 0.112. The smallest absolute Gasteiger partial charge is 0.340 e. The van der Waals surface area contributed by atoms with Crippen molar-refractivity contribution in [2.24, 2.45) is 0 Å². The molecule has 2 aromatic rings. The predicted octanol–water partition coefficient (Wildman–Crippen LogP) is 4.14. The molecular formula is C20H16BrNO4. The van der Waals surface area contributed by atoms with E-state index in [0.29, 0.717) is 17.0 Å². The second kappa shape index (κ2) is 6.61. The van der Waals surface area contributed by atoms with Gasteiger partial charge in [0.15, 0.2) is 5.75 Å². The SMILES string of the molecule is CCOC(=O)C1=C2Oc3ccccc3N2C(=O)C[C@H]1c1ccccc1Br. The Morgan fingerprint density at radius 3 is 2.73 bits per heavy atom. The van der Waals surface area contributed by atoms with Crippen LogP contribution in [0.5, 0.6) is 5.75 Å². The summed E-state index contributed by atoms with van der Waals surface area (Å²) in [6.07, 6.45) is 0.165. The number of para-hydroxylation sites is 2. The van der Waals surface area contributed by atoms with Crippen molar-refractivity contribution in [1.29, 1.82) is 0 Å². The fourth-order valence-electron chi connectivity index (χ4n) is 3.39. The quantitative estimate of drug-likeness (QED) is 0.709. The van der Waals surface area contributed by atoms with E-state index >= 15 is 0 Å². The number of carbonyl (C=O) groups is 2. The third-order valence-electron chi connectivity index (χ3n) is 4.50. The Morgan fingerprint density at radius 2 is 1.96 bits per heavy atom. The lowest BCUT2D eigenvalue weighted by Crippen LogP contribution is -2.38. The molecule has 26 heavy (non-hydrogen) atoms. The van der Waals surface area contributed by atoms with Gasteiger partial charge >= 0.3 is 5.97 Å². The summed E-state index contributed by atoms with van der Waals surface area (Å²) in [6.45, 7) is 2.01.